The molecule has 0 saturated carbocycles. The first-order valence-corrected chi connectivity index (χ1v) is 11.7. The van der Waals surface area contributed by atoms with Crippen LogP contribution in [-0.2, 0) is 18.7 Å². The second kappa shape index (κ2) is 16.0. The van der Waals surface area contributed by atoms with E-state index in [1.54, 1.807) is 0 Å². The number of unbranched alkanes of at least 4 members (excludes halogenated alkanes) is 4. The van der Waals surface area contributed by atoms with Gasteiger partial charge in [-0.15, -0.1) is 0 Å². The van der Waals surface area contributed by atoms with Gasteiger partial charge in [0, 0.05) is 26.2 Å². The van der Waals surface area contributed by atoms with Gasteiger partial charge in [0.1, 0.15) is 6.04 Å². The number of hydrogen-bond donors (Lipinski definition) is 5. The fraction of sp³-hybridized carbons (Fsp3) is 0.882. The normalized spacial score (nSPS) is 14.4. The van der Waals surface area contributed by atoms with Crippen LogP contribution in [0.25, 0.3) is 0 Å². The molecule has 2 amide bonds. The highest BCUT2D eigenvalue weighted by molar-refractivity contribution is 7.51. The van der Waals surface area contributed by atoms with Crippen molar-refractivity contribution in [1.29, 1.82) is 0 Å². The number of nitrogens with one attached hydrogen (secondary N) is 2. The Morgan fingerprint density at radius 3 is 2.48 bits per heavy atom. The molecule has 0 bridgehead atoms. The molecule has 0 aromatic heterocycles. The molecule has 0 saturated heterocycles. The molecular formula is C17H36N3O6P. The van der Waals surface area contributed by atoms with Gasteiger partial charge in [0.2, 0.25) is 11.8 Å². The molecule has 0 spiro atoms. The maximum Gasteiger partial charge on any atom is 0.325 e. The monoisotopic (exact) mass is 409 g/mol. The maximum absolute atomic E-state index is 12.3. The summed E-state index contributed by atoms with van der Waals surface area (Å²) in [6.45, 7) is 2.35. The zero-order chi connectivity index (χ0) is 20.5. The Balaban J connectivity index is 4.20. The zero-order valence-electron chi connectivity index (χ0n) is 16.3. The smallest absolute Gasteiger partial charge is 0.325 e. The summed E-state index contributed by atoms with van der Waals surface area (Å²) in [5.74, 6) is -0.407. The van der Waals surface area contributed by atoms with Gasteiger partial charge < -0.3 is 30.9 Å². The van der Waals surface area contributed by atoms with Crippen LogP contribution < -0.4 is 16.4 Å². The quantitative estimate of drug-likeness (QED) is 0.177. The van der Waals surface area contributed by atoms with Gasteiger partial charge in [0.25, 0.3) is 0 Å². The summed E-state index contributed by atoms with van der Waals surface area (Å²) in [7, 11) is -3.45. The van der Waals surface area contributed by atoms with E-state index in [2.05, 4.69) is 10.6 Å². The van der Waals surface area contributed by atoms with Gasteiger partial charge in [0.05, 0.1) is 6.61 Å². The fourth-order valence-corrected chi connectivity index (χ4v) is 2.87. The van der Waals surface area contributed by atoms with Crippen molar-refractivity contribution in [3.05, 3.63) is 0 Å². The second-order valence-electron chi connectivity index (χ2n) is 6.57. The van der Waals surface area contributed by atoms with Crippen LogP contribution in [0.4, 0.5) is 0 Å². The van der Waals surface area contributed by atoms with Gasteiger partial charge in [-0.25, -0.2) is 0 Å². The summed E-state index contributed by atoms with van der Waals surface area (Å²) in [6.07, 6.45) is 5.66. The minimum absolute atomic E-state index is 0.116. The van der Waals surface area contributed by atoms with Gasteiger partial charge in [-0.05, 0) is 51.5 Å². The van der Waals surface area contributed by atoms with E-state index in [4.69, 9.17) is 20.3 Å². The number of carbonyl (C=O) groups excluding carboxylic acids is 2. The van der Waals surface area contributed by atoms with Crippen molar-refractivity contribution in [2.24, 2.45) is 5.73 Å². The molecule has 0 aliphatic rings. The molecule has 0 rings (SSSR count). The van der Waals surface area contributed by atoms with Gasteiger partial charge in [-0.1, -0.05) is 6.42 Å². The highest BCUT2D eigenvalue weighted by Gasteiger charge is 2.19. The van der Waals surface area contributed by atoms with E-state index >= 15 is 0 Å². The molecule has 0 aliphatic heterocycles. The van der Waals surface area contributed by atoms with E-state index in [1.165, 1.54) is 0 Å². The van der Waals surface area contributed by atoms with Crippen molar-refractivity contribution in [2.75, 3.05) is 33.0 Å². The molecule has 2 atom stereocenters. The first-order valence-electron chi connectivity index (χ1n) is 9.63. The maximum atomic E-state index is 12.3. The number of hydrogen-bond acceptors (Lipinski definition) is 6. The second-order valence-corrected chi connectivity index (χ2v) is 8.44. The Labute approximate surface area is 162 Å². The van der Waals surface area contributed by atoms with Crippen LogP contribution in [0.15, 0.2) is 0 Å². The van der Waals surface area contributed by atoms with E-state index in [-0.39, 0.29) is 25.0 Å². The highest BCUT2D eigenvalue weighted by Crippen LogP contribution is 2.36. The highest BCUT2D eigenvalue weighted by atomic mass is 31.2. The van der Waals surface area contributed by atoms with Crippen molar-refractivity contribution < 1.29 is 28.7 Å². The summed E-state index contributed by atoms with van der Waals surface area (Å²) in [5.41, 5.74) is 5.49. The lowest BCUT2D eigenvalue weighted by atomic mass is 10.1. The third-order valence-electron chi connectivity index (χ3n) is 3.86. The van der Waals surface area contributed by atoms with Crippen LogP contribution in [-0.4, -0.2) is 60.8 Å². The molecule has 0 aliphatic carbocycles. The number of nitrogens with two attached hydrogens (primary N) is 1. The molecule has 9 nitrogen and oxygen atoms in total. The Morgan fingerprint density at radius 1 is 1.11 bits per heavy atom. The summed E-state index contributed by atoms with van der Waals surface area (Å²) >= 11 is 0. The van der Waals surface area contributed by atoms with Crippen LogP contribution in [0.5, 0.6) is 0 Å². The number of amides is 2. The van der Waals surface area contributed by atoms with Crippen LogP contribution >= 0.6 is 7.60 Å². The van der Waals surface area contributed by atoms with E-state index < -0.39 is 13.6 Å². The average molecular weight is 409 g/mol. The molecule has 0 unspecified atom stereocenters. The van der Waals surface area contributed by atoms with E-state index in [9.17, 15) is 14.2 Å². The molecule has 10 heteroatoms. The first kappa shape index (κ1) is 26.0. The largest absolute Gasteiger partial charge is 0.396 e. The third kappa shape index (κ3) is 16.9. The third-order valence-corrected chi connectivity index (χ3v) is 4.52. The van der Waals surface area contributed by atoms with Crippen molar-refractivity contribution in [3.8, 4) is 0 Å². The van der Waals surface area contributed by atoms with Crippen LogP contribution in [0.3, 0.4) is 0 Å². The number of rotatable bonds is 17. The summed E-state index contributed by atoms with van der Waals surface area (Å²) in [5, 5.41) is 14.3. The van der Waals surface area contributed by atoms with Gasteiger partial charge >= 0.3 is 7.60 Å². The summed E-state index contributed by atoms with van der Waals surface area (Å²) in [6, 6.07) is -0.591. The molecule has 6 N–H and O–H groups in total. The number of aliphatic hydroxyl groups is 1. The Hall–Kier alpha value is -0.990. The average Bonchev–Trinajstić information content (AvgIpc) is 2.60. The topological polar surface area (TPSA) is 151 Å². The minimum atomic E-state index is -3.45. The van der Waals surface area contributed by atoms with Crippen molar-refractivity contribution >= 4 is 19.4 Å². The number of carbonyl (C=O) groups is 2. The van der Waals surface area contributed by atoms with E-state index in [1.807, 2.05) is 0 Å². The van der Waals surface area contributed by atoms with Gasteiger partial charge in [-0.2, -0.15) is 0 Å². The van der Waals surface area contributed by atoms with Gasteiger partial charge in [0.15, 0.2) is 0 Å². The molecule has 160 valence electrons. The first-order chi connectivity index (χ1) is 12.8. The Bertz CT molecular complexity index is 458. The van der Waals surface area contributed by atoms with Crippen molar-refractivity contribution in [3.63, 3.8) is 0 Å². The van der Waals surface area contributed by atoms with Crippen molar-refractivity contribution in [1.82, 2.24) is 10.6 Å². The van der Waals surface area contributed by atoms with Gasteiger partial charge in [-0.3, -0.25) is 14.2 Å². The predicted molar refractivity (Wildman–Crippen MR) is 104 cm³/mol. The minimum Gasteiger partial charge on any atom is -0.396 e. The Kier molecular flexibility index (Phi) is 15.4. The standard InChI is InChI=1S/C17H36N3O6P/c1-27(24,25)26-14-8-6-12-19-17(23)15(9-4-5-11-18)20-16(22)10-3-2-7-13-21/h15,21H,2-14,18H2,1H3,(H,19,23)(H,20,22)(H,24,25)/t15-/m0/s1. The molecule has 0 heterocycles. The van der Waals surface area contributed by atoms with Crippen LogP contribution in [0, 0.1) is 0 Å². The molecule has 0 aromatic carbocycles. The predicted octanol–water partition coefficient (Wildman–Crippen LogP) is 0.881. The fourth-order valence-electron chi connectivity index (χ4n) is 2.40. The van der Waals surface area contributed by atoms with E-state index in [0.29, 0.717) is 51.6 Å². The van der Waals surface area contributed by atoms with Crippen molar-refractivity contribution in [2.45, 2.75) is 63.8 Å². The van der Waals surface area contributed by atoms with E-state index in [0.717, 1.165) is 25.9 Å². The van der Waals surface area contributed by atoms with Crippen LogP contribution in [0.2, 0.25) is 0 Å². The lowest BCUT2D eigenvalue weighted by molar-refractivity contribution is -0.129. The molecule has 27 heavy (non-hydrogen) atoms. The SMILES string of the molecule is C[P@@](=O)(O)OCCCCNC(=O)[C@H](CCCCN)NC(=O)CCCCCO. The molecule has 0 fully saturated rings. The van der Waals surface area contributed by atoms with Crippen LogP contribution in [0.1, 0.15) is 57.8 Å². The lowest BCUT2D eigenvalue weighted by Gasteiger charge is -2.18. The Morgan fingerprint density at radius 2 is 1.85 bits per heavy atom. The summed E-state index contributed by atoms with van der Waals surface area (Å²) in [4.78, 5) is 33.4. The zero-order valence-corrected chi connectivity index (χ0v) is 17.2. The number of aliphatic hydroxyl groups excluding tert-OH is 1. The summed E-state index contributed by atoms with van der Waals surface area (Å²) < 4.78 is 15.8. The molecular weight excluding hydrogens is 373 g/mol. The lowest BCUT2D eigenvalue weighted by Crippen LogP contribution is -2.47. The molecule has 0 aromatic rings. The molecule has 0 radical (unpaired) electrons.